The first kappa shape index (κ1) is 14.7. The summed E-state index contributed by atoms with van der Waals surface area (Å²) >= 11 is 0. The second kappa shape index (κ2) is 5.99. The molecule has 3 heterocycles. The molecule has 1 aliphatic carbocycles. The zero-order valence-electron chi connectivity index (χ0n) is 13.1. The van der Waals surface area contributed by atoms with E-state index in [4.69, 9.17) is 0 Å². The molecular weight excluding hydrogens is 306 g/mol. The van der Waals surface area contributed by atoms with Crippen molar-refractivity contribution in [2.45, 2.75) is 25.7 Å². The van der Waals surface area contributed by atoms with E-state index in [-0.39, 0.29) is 29.6 Å². The zero-order valence-corrected chi connectivity index (χ0v) is 13.1. The summed E-state index contributed by atoms with van der Waals surface area (Å²) < 4.78 is 0. The molecule has 4 rings (SSSR count). The summed E-state index contributed by atoms with van der Waals surface area (Å²) in [7, 11) is 0. The van der Waals surface area contributed by atoms with Crippen LogP contribution in [-0.2, 0) is 9.59 Å². The van der Waals surface area contributed by atoms with Crippen LogP contribution in [0.15, 0.2) is 36.8 Å². The highest BCUT2D eigenvalue weighted by Gasteiger charge is 2.48. The molecule has 122 valence electrons. The van der Waals surface area contributed by atoms with Crippen LogP contribution in [0.4, 0.5) is 5.95 Å². The molecule has 2 amide bonds. The van der Waals surface area contributed by atoms with Gasteiger partial charge < -0.3 is 0 Å². The van der Waals surface area contributed by atoms with Crippen LogP contribution >= 0.6 is 0 Å². The second-order valence-corrected chi connectivity index (χ2v) is 6.13. The lowest BCUT2D eigenvalue weighted by Crippen LogP contribution is -2.37. The fourth-order valence-electron chi connectivity index (χ4n) is 3.46. The van der Waals surface area contributed by atoms with Gasteiger partial charge in [-0.3, -0.25) is 20.0 Å². The maximum Gasteiger partial charge on any atom is 0.252 e. The van der Waals surface area contributed by atoms with E-state index in [9.17, 15) is 9.59 Å². The van der Waals surface area contributed by atoms with Gasteiger partial charge in [-0.15, -0.1) is 0 Å². The number of carbonyl (C=O) groups is 2. The SMILES string of the molecule is O=C1[C@@H]2CCCC[C@H]2C(=O)N1Nc1nccc(-c2cccnc2)n1. The molecule has 1 saturated heterocycles. The first-order chi connectivity index (χ1) is 11.7. The number of hydrogen-bond donors (Lipinski definition) is 1. The van der Waals surface area contributed by atoms with Crippen LogP contribution in [0.25, 0.3) is 11.3 Å². The fourth-order valence-corrected chi connectivity index (χ4v) is 3.46. The van der Waals surface area contributed by atoms with Crippen LogP contribution in [0.3, 0.4) is 0 Å². The Kier molecular flexibility index (Phi) is 3.68. The van der Waals surface area contributed by atoms with E-state index < -0.39 is 0 Å². The largest absolute Gasteiger partial charge is 0.272 e. The van der Waals surface area contributed by atoms with Gasteiger partial charge >= 0.3 is 0 Å². The van der Waals surface area contributed by atoms with Gasteiger partial charge in [0.05, 0.1) is 17.5 Å². The molecule has 2 aromatic rings. The van der Waals surface area contributed by atoms with Gasteiger partial charge in [0.25, 0.3) is 11.8 Å². The molecule has 1 aliphatic heterocycles. The third-order valence-electron chi connectivity index (χ3n) is 4.67. The number of nitrogens with zero attached hydrogens (tertiary/aromatic N) is 4. The number of amides is 2. The van der Waals surface area contributed by atoms with Crippen molar-refractivity contribution < 1.29 is 9.59 Å². The maximum absolute atomic E-state index is 12.5. The summed E-state index contributed by atoms with van der Waals surface area (Å²) in [5, 5.41) is 1.10. The number of hydrogen-bond acceptors (Lipinski definition) is 6. The molecule has 2 atom stereocenters. The van der Waals surface area contributed by atoms with E-state index in [0.29, 0.717) is 5.69 Å². The molecule has 1 saturated carbocycles. The topological polar surface area (TPSA) is 88.1 Å². The number of hydrazine groups is 1. The lowest BCUT2D eigenvalue weighted by Gasteiger charge is -2.19. The van der Waals surface area contributed by atoms with Crippen molar-refractivity contribution in [3.05, 3.63) is 36.8 Å². The Labute approximate surface area is 139 Å². The summed E-state index contributed by atoms with van der Waals surface area (Å²) in [6.45, 7) is 0. The van der Waals surface area contributed by atoms with Gasteiger partial charge in [0.15, 0.2) is 0 Å². The van der Waals surface area contributed by atoms with E-state index >= 15 is 0 Å². The van der Waals surface area contributed by atoms with Gasteiger partial charge in [-0.2, -0.15) is 5.01 Å². The smallest absolute Gasteiger partial charge is 0.252 e. The first-order valence-corrected chi connectivity index (χ1v) is 8.12. The summed E-state index contributed by atoms with van der Waals surface area (Å²) in [4.78, 5) is 37.6. The van der Waals surface area contributed by atoms with E-state index in [2.05, 4.69) is 20.4 Å². The Morgan fingerprint density at radius 3 is 2.46 bits per heavy atom. The molecule has 0 radical (unpaired) electrons. The molecule has 7 nitrogen and oxygen atoms in total. The summed E-state index contributed by atoms with van der Waals surface area (Å²) in [6.07, 6.45) is 8.55. The van der Waals surface area contributed by atoms with Crippen molar-refractivity contribution >= 4 is 17.8 Å². The first-order valence-electron chi connectivity index (χ1n) is 8.12. The maximum atomic E-state index is 12.5. The number of carbonyl (C=O) groups excluding carboxylic acids is 2. The minimum absolute atomic E-state index is 0.167. The van der Waals surface area contributed by atoms with Gasteiger partial charge in [-0.1, -0.05) is 12.8 Å². The van der Waals surface area contributed by atoms with Gasteiger partial charge in [-0.05, 0) is 31.0 Å². The summed E-state index contributed by atoms with van der Waals surface area (Å²) in [5.41, 5.74) is 4.32. The van der Waals surface area contributed by atoms with Crippen molar-refractivity contribution in [3.8, 4) is 11.3 Å². The average Bonchev–Trinajstić information content (AvgIpc) is 2.88. The molecule has 1 N–H and O–H groups in total. The Morgan fingerprint density at radius 1 is 1.04 bits per heavy atom. The van der Waals surface area contributed by atoms with Crippen molar-refractivity contribution in [1.82, 2.24) is 20.0 Å². The highest BCUT2D eigenvalue weighted by molar-refractivity contribution is 6.06. The average molecular weight is 323 g/mol. The third-order valence-corrected chi connectivity index (χ3v) is 4.67. The Balaban J connectivity index is 1.57. The number of pyridine rings is 1. The van der Waals surface area contributed by atoms with Crippen molar-refractivity contribution in [1.29, 1.82) is 0 Å². The quantitative estimate of drug-likeness (QED) is 0.870. The van der Waals surface area contributed by atoms with Gasteiger partial charge in [0, 0.05) is 24.2 Å². The van der Waals surface area contributed by atoms with Crippen LogP contribution in [0.2, 0.25) is 0 Å². The number of anilines is 1. The lowest BCUT2D eigenvalue weighted by atomic mass is 9.81. The molecule has 0 bridgehead atoms. The number of aromatic nitrogens is 3. The van der Waals surface area contributed by atoms with E-state index in [0.717, 1.165) is 36.3 Å². The summed E-state index contributed by atoms with van der Waals surface area (Å²) in [6, 6.07) is 5.47. The van der Waals surface area contributed by atoms with Crippen LogP contribution in [0.5, 0.6) is 0 Å². The van der Waals surface area contributed by atoms with Crippen LogP contribution in [-0.4, -0.2) is 31.8 Å². The standard InChI is InChI=1S/C17H17N5O2/c23-15-12-5-1-2-6-13(12)16(24)22(15)21-17-19-9-7-14(20-17)11-4-3-8-18-10-11/h3-4,7-10,12-13H,1-2,5-6H2,(H,19,20,21)/t12-,13-/m1/s1. The van der Waals surface area contributed by atoms with Gasteiger partial charge in [0.1, 0.15) is 0 Å². The fraction of sp³-hybridized carbons (Fsp3) is 0.353. The van der Waals surface area contributed by atoms with Gasteiger partial charge in [-0.25, -0.2) is 9.97 Å². The van der Waals surface area contributed by atoms with Gasteiger partial charge in [0.2, 0.25) is 5.95 Å². The molecule has 0 unspecified atom stereocenters. The molecule has 24 heavy (non-hydrogen) atoms. The Hall–Kier alpha value is -2.83. The number of nitrogens with one attached hydrogen (secondary N) is 1. The number of rotatable bonds is 3. The molecule has 0 aromatic carbocycles. The Morgan fingerprint density at radius 2 is 1.79 bits per heavy atom. The highest BCUT2D eigenvalue weighted by atomic mass is 16.2. The summed E-state index contributed by atoms with van der Waals surface area (Å²) in [5.74, 6) is -0.489. The molecule has 0 spiro atoms. The van der Waals surface area contributed by atoms with Crippen LogP contribution in [0, 0.1) is 11.8 Å². The van der Waals surface area contributed by atoms with Crippen molar-refractivity contribution in [3.63, 3.8) is 0 Å². The predicted octanol–water partition coefficient (Wildman–Crippen LogP) is 2.04. The van der Waals surface area contributed by atoms with E-state index in [1.54, 1.807) is 24.7 Å². The second-order valence-electron chi connectivity index (χ2n) is 6.13. The predicted molar refractivity (Wildman–Crippen MR) is 86.2 cm³/mol. The Bertz CT molecular complexity index is 756. The molecular formula is C17H17N5O2. The number of imide groups is 1. The van der Waals surface area contributed by atoms with E-state index in [1.165, 1.54) is 0 Å². The number of fused-ring (bicyclic) bond motifs is 1. The third kappa shape index (κ3) is 2.51. The minimum atomic E-state index is -0.194. The van der Waals surface area contributed by atoms with Crippen molar-refractivity contribution in [2.24, 2.45) is 11.8 Å². The molecule has 2 aromatic heterocycles. The normalized spacial score (nSPS) is 23.2. The highest BCUT2D eigenvalue weighted by Crippen LogP contribution is 2.37. The minimum Gasteiger partial charge on any atom is -0.272 e. The van der Waals surface area contributed by atoms with E-state index in [1.807, 2.05) is 12.1 Å². The lowest BCUT2D eigenvalue weighted by molar-refractivity contribution is -0.138. The molecule has 2 fully saturated rings. The molecule has 7 heteroatoms. The zero-order chi connectivity index (χ0) is 16.5. The van der Waals surface area contributed by atoms with Crippen molar-refractivity contribution in [2.75, 3.05) is 5.43 Å². The molecule has 2 aliphatic rings. The van der Waals surface area contributed by atoms with Crippen LogP contribution < -0.4 is 5.43 Å². The van der Waals surface area contributed by atoms with Crippen LogP contribution in [0.1, 0.15) is 25.7 Å². The monoisotopic (exact) mass is 323 g/mol.